The van der Waals surface area contributed by atoms with E-state index in [1.807, 2.05) is 28.9 Å². The second-order valence-electron chi connectivity index (χ2n) is 7.79. The fraction of sp³-hybridized carbons (Fsp3) is 0.409. The molecule has 3 aromatic rings. The van der Waals surface area contributed by atoms with Gasteiger partial charge in [-0.3, -0.25) is 4.79 Å². The lowest BCUT2D eigenvalue weighted by Gasteiger charge is -2.20. The van der Waals surface area contributed by atoms with Gasteiger partial charge in [0.05, 0.1) is 24.3 Å². The molecule has 0 aliphatic carbocycles. The van der Waals surface area contributed by atoms with E-state index in [4.69, 9.17) is 9.72 Å². The molecular weight excluding hydrogens is 432 g/mol. The number of hydrogen-bond acceptors (Lipinski definition) is 4. The van der Waals surface area contributed by atoms with Crippen molar-refractivity contribution in [2.45, 2.75) is 46.2 Å². The fourth-order valence-electron chi connectivity index (χ4n) is 3.29. The number of rotatable bonds is 6. The lowest BCUT2D eigenvalue weighted by Crippen LogP contribution is -2.27. The van der Waals surface area contributed by atoms with Crippen LogP contribution in [0, 0.1) is 0 Å². The molecule has 0 aliphatic rings. The van der Waals surface area contributed by atoms with Crippen LogP contribution in [0.5, 0.6) is 5.75 Å². The first-order chi connectivity index (χ1) is 13.7. The predicted octanol–water partition coefficient (Wildman–Crippen LogP) is 5.18. The molecule has 0 N–H and O–H groups in total. The van der Waals surface area contributed by atoms with Crippen LogP contribution in [-0.4, -0.2) is 39.7 Å². The molecule has 0 fully saturated rings. The predicted molar refractivity (Wildman–Crippen MR) is 118 cm³/mol. The third-order valence-electron chi connectivity index (χ3n) is 4.89. The van der Waals surface area contributed by atoms with Gasteiger partial charge < -0.3 is 9.64 Å². The van der Waals surface area contributed by atoms with Gasteiger partial charge in [0, 0.05) is 35.4 Å². The monoisotopic (exact) mass is 458 g/mol. The van der Waals surface area contributed by atoms with Gasteiger partial charge in [0.15, 0.2) is 5.65 Å². The molecular formula is C22H27BrN4O2. The van der Waals surface area contributed by atoms with Crippen LogP contribution < -0.4 is 4.74 Å². The van der Waals surface area contributed by atoms with E-state index in [-0.39, 0.29) is 17.9 Å². The van der Waals surface area contributed by atoms with E-state index >= 15 is 0 Å². The maximum absolute atomic E-state index is 13.4. The molecule has 29 heavy (non-hydrogen) atoms. The zero-order valence-electron chi connectivity index (χ0n) is 17.7. The summed E-state index contributed by atoms with van der Waals surface area (Å²) in [4.78, 5) is 19.9. The number of methoxy groups -OCH3 is 1. The first kappa shape index (κ1) is 21.3. The van der Waals surface area contributed by atoms with Gasteiger partial charge in [0.25, 0.3) is 5.91 Å². The number of benzene rings is 1. The summed E-state index contributed by atoms with van der Waals surface area (Å²) in [5.41, 5.74) is 3.20. The molecule has 7 heteroatoms. The second kappa shape index (κ2) is 8.53. The van der Waals surface area contributed by atoms with Crippen molar-refractivity contribution in [1.82, 2.24) is 19.7 Å². The third kappa shape index (κ3) is 4.29. The number of ether oxygens (including phenoxy) is 1. The van der Waals surface area contributed by atoms with Crippen LogP contribution in [-0.2, 0) is 6.54 Å². The molecule has 0 atom stereocenters. The quantitative estimate of drug-likeness (QED) is 0.510. The molecule has 1 amide bonds. The van der Waals surface area contributed by atoms with E-state index in [9.17, 15) is 4.79 Å². The summed E-state index contributed by atoms with van der Waals surface area (Å²) in [5.74, 6) is 0.893. The minimum absolute atomic E-state index is 0.0652. The summed E-state index contributed by atoms with van der Waals surface area (Å²) in [6.07, 6.45) is 1.74. The lowest BCUT2D eigenvalue weighted by molar-refractivity contribution is 0.0786. The third-order valence-corrected chi connectivity index (χ3v) is 5.39. The van der Waals surface area contributed by atoms with Gasteiger partial charge in [0.1, 0.15) is 5.75 Å². The molecule has 0 saturated heterocycles. The average molecular weight is 459 g/mol. The molecule has 0 spiro atoms. The van der Waals surface area contributed by atoms with Crippen LogP contribution in [0.3, 0.4) is 0 Å². The fourth-order valence-corrected chi connectivity index (χ4v) is 3.70. The smallest absolute Gasteiger partial charge is 0.254 e. The van der Waals surface area contributed by atoms with Crippen LogP contribution in [0.2, 0.25) is 0 Å². The van der Waals surface area contributed by atoms with Crippen LogP contribution >= 0.6 is 15.9 Å². The van der Waals surface area contributed by atoms with Gasteiger partial charge in [-0.15, -0.1) is 0 Å². The Bertz CT molecular complexity index is 1040. The molecule has 154 valence electrons. The Morgan fingerprint density at radius 2 is 1.97 bits per heavy atom. The van der Waals surface area contributed by atoms with E-state index in [0.717, 1.165) is 32.5 Å². The number of hydrogen-bond donors (Lipinski definition) is 0. The van der Waals surface area contributed by atoms with Crippen molar-refractivity contribution in [2.75, 3.05) is 14.2 Å². The topological polar surface area (TPSA) is 60.2 Å². The summed E-state index contributed by atoms with van der Waals surface area (Å²) >= 11 is 3.49. The van der Waals surface area contributed by atoms with E-state index in [0.29, 0.717) is 12.1 Å². The second-order valence-corrected chi connectivity index (χ2v) is 8.70. The summed E-state index contributed by atoms with van der Waals surface area (Å²) in [5, 5.41) is 5.26. The Balaban J connectivity index is 2.03. The zero-order valence-corrected chi connectivity index (χ0v) is 19.3. The standard InChI is InChI=1S/C22H27BrN4O2/c1-13(2)19-10-17(18-11-24-27(14(3)4)21(18)25-19)22(28)26(5)12-15-9-16(23)7-8-20(15)29-6/h7-11,13-14H,12H2,1-6H3. The number of amides is 1. The highest BCUT2D eigenvalue weighted by Gasteiger charge is 2.22. The Labute approximate surface area is 180 Å². The van der Waals surface area contributed by atoms with E-state index < -0.39 is 0 Å². The summed E-state index contributed by atoms with van der Waals surface area (Å²) in [7, 11) is 3.44. The highest BCUT2D eigenvalue weighted by atomic mass is 79.9. The van der Waals surface area contributed by atoms with Crippen LogP contribution in [0.4, 0.5) is 0 Å². The van der Waals surface area contributed by atoms with Gasteiger partial charge in [0.2, 0.25) is 0 Å². The molecule has 0 aliphatic heterocycles. The Morgan fingerprint density at radius 1 is 1.24 bits per heavy atom. The van der Waals surface area contributed by atoms with Gasteiger partial charge in [-0.25, -0.2) is 9.67 Å². The van der Waals surface area contributed by atoms with Gasteiger partial charge in [-0.05, 0) is 44.0 Å². The van der Waals surface area contributed by atoms with Gasteiger partial charge in [-0.2, -0.15) is 5.10 Å². The van der Waals surface area contributed by atoms with E-state index in [2.05, 4.69) is 48.7 Å². The SMILES string of the molecule is COc1ccc(Br)cc1CN(C)C(=O)c1cc(C(C)C)nc2c1cnn2C(C)C. The maximum atomic E-state index is 13.4. The molecule has 0 bridgehead atoms. The van der Waals surface area contributed by atoms with Crippen LogP contribution in [0.25, 0.3) is 11.0 Å². The molecule has 6 nitrogen and oxygen atoms in total. The summed E-state index contributed by atoms with van der Waals surface area (Å²) < 4.78 is 8.27. The molecule has 1 aromatic carbocycles. The number of carbonyl (C=O) groups excluding carboxylic acids is 1. The van der Waals surface area contributed by atoms with Crippen LogP contribution in [0.15, 0.2) is 34.9 Å². The number of fused-ring (bicyclic) bond motifs is 1. The van der Waals surface area contributed by atoms with Gasteiger partial charge >= 0.3 is 0 Å². The normalized spacial score (nSPS) is 11.5. The minimum atomic E-state index is -0.0652. The number of carbonyl (C=O) groups is 1. The number of pyridine rings is 1. The van der Waals surface area contributed by atoms with Crippen molar-refractivity contribution in [3.63, 3.8) is 0 Å². The summed E-state index contributed by atoms with van der Waals surface area (Å²) in [6.45, 7) is 8.70. The maximum Gasteiger partial charge on any atom is 0.254 e. The first-order valence-corrected chi connectivity index (χ1v) is 10.5. The Morgan fingerprint density at radius 3 is 2.59 bits per heavy atom. The molecule has 0 unspecified atom stereocenters. The van der Waals surface area contributed by atoms with Crippen molar-refractivity contribution in [1.29, 1.82) is 0 Å². The van der Waals surface area contributed by atoms with E-state index in [1.165, 1.54) is 0 Å². The molecule has 0 saturated carbocycles. The van der Waals surface area contributed by atoms with Crippen molar-refractivity contribution in [3.8, 4) is 5.75 Å². The first-order valence-electron chi connectivity index (χ1n) is 9.69. The van der Waals surface area contributed by atoms with Crippen molar-refractivity contribution < 1.29 is 9.53 Å². The number of nitrogens with zero attached hydrogens (tertiary/aromatic N) is 4. The van der Waals surface area contributed by atoms with E-state index in [1.54, 1.807) is 25.3 Å². The average Bonchev–Trinajstić information content (AvgIpc) is 3.11. The summed E-state index contributed by atoms with van der Waals surface area (Å²) in [6, 6.07) is 7.85. The minimum Gasteiger partial charge on any atom is -0.496 e. The lowest BCUT2D eigenvalue weighted by atomic mass is 10.0. The highest BCUT2D eigenvalue weighted by molar-refractivity contribution is 9.10. The Kier molecular flexibility index (Phi) is 6.27. The number of halogens is 1. The van der Waals surface area contributed by atoms with Crippen molar-refractivity contribution >= 4 is 32.9 Å². The highest BCUT2D eigenvalue weighted by Crippen LogP contribution is 2.27. The molecule has 0 radical (unpaired) electrons. The number of aromatic nitrogens is 3. The van der Waals surface area contributed by atoms with Crippen LogP contribution in [0.1, 0.15) is 61.3 Å². The van der Waals surface area contributed by atoms with Crippen molar-refractivity contribution in [3.05, 3.63) is 51.8 Å². The van der Waals surface area contributed by atoms with Gasteiger partial charge in [-0.1, -0.05) is 29.8 Å². The van der Waals surface area contributed by atoms with Crippen molar-refractivity contribution in [2.24, 2.45) is 0 Å². The largest absolute Gasteiger partial charge is 0.496 e. The zero-order chi connectivity index (χ0) is 21.3. The molecule has 2 heterocycles. The molecule has 3 rings (SSSR count). The Hall–Kier alpha value is -2.41. The molecule has 2 aromatic heterocycles.